The Kier molecular flexibility index (Phi) is 5.20. The highest BCUT2D eigenvalue weighted by Gasteiger charge is 2.13. The van der Waals surface area contributed by atoms with Gasteiger partial charge in [-0.1, -0.05) is 42.5 Å². The molecule has 0 aliphatic heterocycles. The SMILES string of the molecule is CN(Cc1cnn(Cc2ccccc2)c1)C(=O)Cn1ncc(=O)c2ccccc21. The van der Waals surface area contributed by atoms with E-state index in [1.54, 1.807) is 41.0 Å². The van der Waals surface area contributed by atoms with Crippen LogP contribution in [0, 0.1) is 0 Å². The normalized spacial score (nSPS) is 10.9. The topological polar surface area (TPSA) is 73.0 Å². The fourth-order valence-corrected chi connectivity index (χ4v) is 3.24. The number of nitrogens with zero attached hydrogens (tertiary/aromatic N) is 5. The highest BCUT2D eigenvalue weighted by Crippen LogP contribution is 2.10. The smallest absolute Gasteiger partial charge is 0.244 e. The number of hydrogen-bond donors (Lipinski definition) is 0. The molecule has 0 fully saturated rings. The van der Waals surface area contributed by atoms with E-state index in [4.69, 9.17) is 0 Å². The molecular weight excluding hydrogens is 366 g/mol. The van der Waals surface area contributed by atoms with Crippen molar-refractivity contribution in [2.45, 2.75) is 19.6 Å². The fraction of sp³-hybridized carbons (Fsp3) is 0.182. The lowest BCUT2D eigenvalue weighted by molar-refractivity contribution is -0.131. The highest BCUT2D eigenvalue weighted by atomic mass is 16.2. The van der Waals surface area contributed by atoms with E-state index in [2.05, 4.69) is 22.3 Å². The Morgan fingerprint density at radius 2 is 1.72 bits per heavy atom. The molecule has 146 valence electrons. The molecular formula is C22H21N5O2. The van der Waals surface area contributed by atoms with Crippen molar-refractivity contribution >= 4 is 16.8 Å². The average Bonchev–Trinajstić information content (AvgIpc) is 3.17. The van der Waals surface area contributed by atoms with Crippen LogP contribution in [0.4, 0.5) is 0 Å². The summed E-state index contributed by atoms with van der Waals surface area (Å²) in [5.41, 5.74) is 2.62. The van der Waals surface area contributed by atoms with Crippen LogP contribution in [0.3, 0.4) is 0 Å². The summed E-state index contributed by atoms with van der Waals surface area (Å²) in [6.45, 7) is 1.20. The Hall–Kier alpha value is -3.74. The molecule has 0 bridgehead atoms. The second kappa shape index (κ2) is 8.10. The van der Waals surface area contributed by atoms with Crippen LogP contribution in [-0.2, 0) is 24.4 Å². The molecule has 0 aliphatic rings. The first kappa shape index (κ1) is 18.6. The minimum Gasteiger partial charge on any atom is -0.340 e. The average molecular weight is 387 g/mol. The van der Waals surface area contributed by atoms with E-state index in [9.17, 15) is 9.59 Å². The predicted molar refractivity (Wildman–Crippen MR) is 110 cm³/mol. The van der Waals surface area contributed by atoms with Crippen molar-refractivity contribution in [1.29, 1.82) is 0 Å². The van der Waals surface area contributed by atoms with Gasteiger partial charge in [0.05, 0.1) is 24.5 Å². The van der Waals surface area contributed by atoms with Gasteiger partial charge in [-0.05, 0) is 17.7 Å². The Bertz CT molecular complexity index is 1200. The van der Waals surface area contributed by atoms with Crippen LogP contribution in [0.1, 0.15) is 11.1 Å². The number of para-hydroxylation sites is 1. The van der Waals surface area contributed by atoms with Crippen molar-refractivity contribution in [1.82, 2.24) is 24.5 Å². The molecule has 2 heterocycles. The maximum Gasteiger partial charge on any atom is 0.244 e. The van der Waals surface area contributed by atoms with Gasteiger partial charge < -0.3 is 4.90 Å². The van der Waals surface area contributed by atoms with Crippen molar-refractivity contribution in [3.63, 3.8) is 0 Å². The van der Waals surface area contributed by atoms with Gasteiger partial charge in [-0.3, -0.25) is 19.0 Å². The molecule has 0 atom stereocenters. The van der Waals surface area contributed by atoms with E-state index >= 15 is 0 Å². The molecule has 2 aromatic carbocycles. The maximum absolute atomic E-state index is 12.7. The lowest BCUT2D eigenvalue weighted by atomic mass is 10.2. The lowest BCUT2D eigenvalue weighted by Crippen LogP contribution is -2.31. The first-order valence-electron chi connectivity index (χ1n) is 9.34. The van der Waals surface area contributed by atoms with Crippen LogP contribution in [0.5, 0.6) is 0 Å². The Morgan fingerprint density at radius 3 is 2.55 bits per heavy atom. The third-order valence-electron chi connectivity index (χ3n) is 4.77. The maximum atomic E-state index is 12.7. The first-order valence-corrected chi connectivity index (χ1v) is 9.34. The third kappa shape index (κ3) is 4.24. The van der Waals surface area contributed by atoms with Gasteiger partial charge >= 0.3 is 0 Å². The van der Waals surface area contributed by atoms with Gasteiger partial charge in [0.2, 0.25) is 11.3 Å². The molecule has 7 nitrogen and oxygen atoms in total. The summed E-state index contributed by atoms with van der Waals surface area (Å²) >= 11 is 0. The monoisotopic (exact) mass is 387 g/mol. The van der Waals surface area contributed by atoms with E-state index in [-0.39, 0.29) is 17.9 Å². The third-order valence-corrected chi connectivity index (χ3v) is 4.77. The molecule has 0 unspecified atom stereocenters. The van der Waals surface area contributed by atoms with Gasteiger partial charge in [-0.25, -0.2) is 0 Å². The second-order valence-electron chi connectivity index (χ2n) is 6.97. The molecule has 0 spiro atoms. The van der Waals surface area contributed by atoms with Crippen LogP contribution in [0.2, 0.25) is 0 Å². The highest BCUT2D eigenvalue weighted by molar-refractivity contribution is 5.81. The molecule has 0 saturated heterocycles. The lowest BCUT2D eigenvalue weighted by Gasteiger charge is -2.17. The molecule has 4 aromatic rings. The number of benzene rings is 2. The van der Waals surface area contributed by atoms with Crippen LogP contribution in [0.15, 0.2) is 78.0 Å². The summed E-state index contributed by atoms with van der Waals surface area (Å²) in [7, 11) is 1.75. The van der Waals surface area contributed by atoms with E-state index in [0.29, 0.717) is 24.0 Å². The first-order chi connectivity index (χ1) is 14.1. The molecule has 0 saturated carbocycles. The number of carbonyl (C=O) groups excluding carboxylic acids is 1. The summed E-state index contributed by atoms with van der Waals surface area (Å²) in [6, 6.07) is 17.3. The number of carbonyl (C=O) groups is 1. The quantitative estimate of drug-likeness (QED) is 0.509. The molecule has 7 heteroatoms. The van der Waals surface area contributed by atoms with Gasteiger partial charge in [0, 0.05) is 30.7 Å². The van der Waals surface area contributed by atoms with Crippen LogP contribution < -0.4 is 5.43 Å². The molecule has 0 N–H and O–H groups in total. The number of amides is 1. The molecule has 1 amide bonds. The number of aromatic nitrogens is 4. The Labute approximate surface area is 167 Å². The zero-order chi connectivity index (χ0) is 20.2. The summed E-state index contributed by atoms with van der Waals surface area (Å²) in [5, 5.41) is 9.07. The van der Waals surface area contributed by atoms with Crippen molar-refractivity contribution in [3.05, 3.63) is 94.5 Å². The number of likely N-dealkylation sites (N-methyl/N-ethyl adjacent to an activating group) is 1. The van der Waals surface area contributed by atoms with E-state index < -0.39 is 0 Å². The van der Waals surface area contributed by atoms with Crippen LogP contribution >= 0.6 is 0 Å². The van der Waals surface area contributed by atoms with Crippen molar-refractivity contribution in [2.75, 3.05) is 7.05 Å². The molecule has 2 aromatic heterocycles. The minimum absolute atomic E-state index is 0.0649. The number of fused-ring (bicyclic) bond motifs is 1. The van der Waals surface area contributed by atoms with Crippen molar-refractivity contribution < 1.29 is 4.79 Å². The summed E-state index contributed by atoms with van der Waals surface area (Å²) in [4.78, 5) is 26.3. The van der Waals surface area contributed by atoms with E-state index in [1.807, 2.05) is 35.1 Å². The number of rotatable bonds is 6. The summed E-state index contributed by atoms with van der Waals surface area (Å²) in [5.74, 6) is -0.0953. The van der Waals surface area contributed by atoms with Gasteiger partial charge in [0.1, 0.15) is 6.54 Å². The van der Waals surface area contributed by atoms with Gasteiger partial charge in [-0.2, -0.15) is 10.2 Å². The molecule has 29 heavy (non-hydrogen) atoms. The fourth-order valence-electron chi connectivity index (χ4n) is 3.24. The Balaban J connectivity index is 1.43. The van der Waals surface area contributed by atoms with E-state index in [0.717, 1.165) is 5.56 Å². The zero-order valence-corrected chi connectivity index (χ0v) is 16.1. The standard InChI is InChI=1S/C22H21N5O2/c1-25(13-18-11-23-26(15-18)14-17-7-3-2-4-8-17)22(29)16-27-20-10-6-5-9-19(20)21(28)12-24-27/h2-12,15H,13-14,16H2,1H3. The predicted octanol–water partition coefficient (Wildman–Crippen LogP) is 2.30. The number of hydrogen-bond acceptors (Lipinski definition) is 4. The summed E-state index contributed by atoms with van der Waals surface area (Å²) < 4.78 is 3.42. The van der Waals surface area contributed by atoms with E-state index in [1.165, 1.54) is 11.8 Å². The second-order valence-corrected chi connectivity index (χ2v) is 6.97. The minimum atomic E-state index is -0.150. The zero-order valence-electron chi connectivity index (χ0n) is 16.1. The van der Waals surface area contributed by atoms with Crippen LogP contribution in [-0.4, -0.2) is 37.4 Å². The van der Waals surface area contributed by atoms with Gasteiger partial charge in [-0.15, -0.1) is 0 Å². The summed E-state index contributed by atoms with van der Waals surface area (Å²) in [6.07, 6.45) is 4.98. The largest absolute Gasteiger partial charge is 0.340 e. The molecule has 0 radical (unpaired) electrons. The van der Waals surface area contributed by atoms with Crippen molar-refractivity contribution in [2.24, 2.45) is 0 Å². The van der Waals surface area contributed by atoms with Crippen molar-refractivity contribution in [3.8, 4) is 0 Å². The van der Waals surface area contributed by atoms with Gasteiger partial charge in [0.15, 0.2) is 0 Å². The van der Waals surface area contributed by atoms with Crippen LogP contribution in [0.25, 0.3) is 10.9 Å². The molecule has 0 aliphatic carbocycles. The molecule has 4 rings (SSSR count). The Morgan fingerprint density at radius 1 is 0.966 bits per heavy atom. The van der Waals surface area contributed by atoms with Gasteiger partial charge in [0.25, 0.3) is 0 Å².